The van der Waals surface area contributed by atoms with Crippen molar-refractivity contribution in [3.05, 3.63) is 35.6 Å². The third-order valence-corrected chi connectivity index (χ3v) is 4.23. The van der Waals surface area contributed by atoms with Crippen molar-refractivity contribution in [2.24, 2.45) is 0 Å². The lowest BCUT2D eigenvalue weighted by Gasteiger charge is -2.04. The molecule has 1 aromatic carbocycles. The lowest BCUT2D eigenvalue weighted by atomic mass is 10.0. The maximum atomic E-state index is 11.5. The highest BCUT2D eigenvalue weighted by Crippen LogP contribution is 2.23. The molecule has 0 saturated heterocycles. The maximum absolute atomic E-state index is 11.5. The number of carbonyl (C=O) groups is 1. The Kier molecular flexibility index (Phi) is 7.18. The van der Waals surface area contributed by atoms with Crippen molar-refractivity contribution in [2.45, 2.75) is 65.2 Å². The lowest BCUT2D eigenvalue weighted by molar-refractivity contribution is -0.121. The van der Waals surface area contributed by atoms with Gasteiger partial charge in [0.05, 0.1) is 6.26 Å². The van der Waals surface area contributed by atoms with Gasteiger partial charge in [-0.25, -0.2) is 0 Å². The summed E-state index contributed by atoms with van der Waals surface area (Å²) in [6.07, 6.45) is 10.4. The van der Waals surface area contributed by atoms with E-state index in [4.69, 9.17) is 4.42 Å². The summed E-state index contributed by atoms with van der Waals surface area (Å²) in [5, 5.41) is 4.17. The first-order valence-corrected chi connectivity index (χ1v) is 9.00. The number of rotatable bonds is 10. The van der Waals surface area contributed by atoms with E-state index in [2.05, 4.69) is 30.4 Å². The highest BCUT2D eigenvalue weighted by molar-refractivity contribution is 5.82. The number of furan rings is 1. The van der Waals surface area contributed by atoms with Crippen molar-refractivity contribution in [1.29, 1.82) is 0 Å². The van der Waals surface area contributed by atoms with Gasteiger partial charge in [0.15, 0.2) is 0 Å². The SMILES string of the molecule is CCCCCCc1ccc2occ(CCNC(=O)CCC)c2c1. The van der Waals surface area contributed by atoms with Crippen molar-refractivity contribution in [1.82, 2.24) is 5.32 Å². The first-order valence-electron chi connectivity index (χ1n) is 9.00. The Hall–Kier alpha value is -1.77. The zero-order valence-electron chi connectivity index (χ0n) is 14.5. The van der Waals surface area contributed by atoms with E-state index in [0.717, 1.165) is 24.8 Å². The van der Waals surface area contributed by atoms with Crippen LogP contribution in [0.5, 0.6) is 0 Å². The van der Waals surface area contributed by atoms with Crippen LogP contribution in [-0.4, -0.2) is 12.5 Å². The van der Waals surface area contributed by atoms with Crippen molar-refractivity contribution < 1.29 is 9.21 Å². The molecule has 23 heavy (non-hydrogen) atoms. The van der Waals surface area contributed by atoms with E-state index in [1.165, 1.54) is 42.2 Å². The number of hydrogen-bond acceptors (Lipinski definition) is 2. The van der Waals surface area contributed by atoms with Crippen LogP contribution >= 0.6 is 0 Å². The fraction of sp³-hybridized carbons (Fsp3) is 0.550. The molecular weight excluding hydrogens is 286 g/mol. The van der Waals surface area contributed by atoms with Crippen LogP contribution in [0.1, 0.15) is 63.5 Å². The van der Waals surface area contributed by atoms with E-state index in [-0.39, 0.29) is 5.91 Å². The van der Waals surface area contributed by atoms with E-state index in [1.54, 1.807) is 0 Å². The van der Waals surface area contributed by atoms with Crippen molar-refractivity contribution in [3.63, 3.8) is 0 Å². The Labute approximate surface area is 139 Å². The molecule has 3 nitrogen and oxygen atoms in total. The lowest BCUT2D eigenvalue weighted by Crippen LogP contribution is -2.25. The highest BCUT2D eigenvalue weighted by atomic mass is 16.3. The largest absolute Gasteiger partial charge is 0.464 e. The maximum Gasteiger partial charge on any atom is 0.219 e. The standard InChI is InChI=1S/C20H29NO2/c1-3-5-6-7-9-16-10-11-19-18(14-16)17(15-23-19)12-13-21-20(22)8-4-2/h10-11,14-15H,3-9,12-13H2,1-2H3,(H,21,22). The van der Waals surface area contributed by atoms with Crippen LogP contribution in [0.25, 0.3) is 11.0 Å². The van der Waals surface area contributed by atoms with E-state index in [0.29, 0.717) is 13.0 Å². The zero-order chi connectivity index (χ0) is 16.5. The predicted molar refractivity (Wildman–Crippen MR) is 95.7 cm³/mol. The molecule has 0 aliphatic heterocycles. The van der Waals surface area contributed by atoms with Gasteiger partial charge in [-0.2, -0.15) is 0 Å². The van der Waals surface area contributed by atoms with E-state index < -0.39 is 0 Å². The fourth-order valence-corrected chi connectivity index (χ4v) is 2.89. The average Bonchev–Trinajstić information content (AvgIpc) is 2.94. The van der Waals surface area contributed by atoms with E-state index in [9.17, 15) is 4.79 Å². The molecule has 0 aliphatic rings. The Morgan fingerprint density at radius 3 is 2.74 bits per heavy atom. The minimum Gasteiger partial charge on any atom is -0.464 e. The fourth-order valence-electron chi connectivity index (χ4n) is 2.89. The molecule has 1 aromatic heterocycles. The van der Waals surface area contributed by atoms with Gasteiger partial charge in [-0.1, -0.05) is 39.2 Å². The molecule has 1 amide bonds. The van der Waals surface area contributed by atoms with Crippen LogP contribution < -0.4 is 5.32 Å². The van der Waals surface area contributed by atoms with Gasteiger partial charge < -0.3 is 9.73 Å². The average molecular weight is 315 g/mol. The third-order valence-electron chi connectivity index (χ3n) is 4.23. The van der Waals surface area contributed by atoms with Crippen LogP contribution in [0.4, 0.5) is 0 Å². The second-order valence-electron chi connectivity index (χ2n) is 6.25. The quantitative estimate of drug-likeness (QED) is 0.626. The number of amides is 1. The summed E-state index contributed by atoms with van der Waals surface area (Å²) in [5.41, 5.74) is 3.51. The summed E-state index contributed by atoms with van der Waals surface area (Å²) < 4.78 is 5.64. The van der Waals surface area contributed by atoms with Crippen LogP contribution in [0.3, 0.4) is 0 Å². The molecule has 1 heterocycles. The summed E-state index contributed by atoms with van der Waals surface area (Å²) in [6, 6.07) is 6.50. The number of benzene rings is 1. The van der Waals surface area contributed by atoms with Gasteiger partial charge in [0, 0.05) is 18.4 Å². The van der Waals surface area contributed by atoms with Gasteiger partial charge in [0.1, 0.15) is 5.58 Å². The second kappa shape index (κ2) is 9.39. The Bertz CT molecular complexity index is 615. The Morgan fingerprint density at radius 2 is 1.96 bits per heavy atom. The monoisotopic (exact) mass is 315 g/mol. The first-order chi connectivity index (χ1) is 11.2. The van der Waals surface area contributed by atoms with Crippen molar-refractivity contribution >= 4 is 16.9 Å². The van der Waals surface area contributed by atoms with Gasteiger partial charge in [-0.3, -0.25) is 4.79 Å². The minimum atomic E-state index is 0.136. The zero-order valence-corrected chi connectivity index (χ0v) is 14.5. The van der Waals surface area contributed by atoms with Gasteiger partial charge >= 0.3 is 0 Å². The van der Waals surface area contributed by atoms with Crippen molar-refractivity contribution in [2.75, 3.05) is 6.54 Å². The topological polar surface area (TPSA) is 42.2 Å². The molecule has 126 valence electrons. The summed E-state index contributed by atoms with van der Waals surface area (Å²) in [5.74, 6) is 0.136. The minimum absolute atomic E-state index is 0.136. The number of unbranched alkanes of at least 4 members (excludes halogenated alkanes) is 3. The second-order valence-corrected chi connectivity index (χ2v) is 6.25. The van der Waals surface area contributed by atoms with Crippen LogP contribution in [-0.2, 0) is 17.6 Å². The van der Waals surface area contributed by atoms with Crippen LogP contribution in [0, 0.1) is 0 Å². The number of hydrogen-bond donors (Lipinski definition) is 1. The molecule has 3 heteroatoms. The normalized spacial score (nSPS) is 11.0. The molecule has 0 atom stereocenters. The van der Waals surface area contributed by atoms with Gasteiger partial charge in [-0.05, 0) is 48.9 Å². The van der Waals surface area contributed by atoms with E-state index >= 15 is 0 Å². The molecular formula is C20H29NO2. The summed E-state index contributed by atoms with van der Waals surface area (Å²) in [7, 11) is 0. The summed E-state index contributed by atoms with van der Waals surface area (Å²) >= 11 is 0. The molecule has 0 unspecified atom stereocenters. The van der Waals surface area contributed by atoms with E-state index in [1.807, 2.05) is 13.2 Å². The molecule has 2 aromatic rings. The Morgan fingerprint density at radius 1 is 1.09 bits per heavy atom. The van der Waals surface area contributed by atoms with Crippen LogP contribution in [0.2, 0.25) is 0 Å². The van der Waals surface area contributed by atoms with Gasteiger partial charge in [-0.15, -0.1) is 0 Å². The predicted octanol–water partition coefficient (Wildman–Crippen LogP) is 5.01. The van der Waals surface area contributed by atoms with Gasteiger partial charge in [0.25, 0.3) is 0 Å². The number of fused-ring (bicyclic) bond motifs is 1. The summed E-state index contributed by atoms with van der Waals surface area (Å²) in [6.45, 7) is 4.93. The highest BCUT2D eigenvalue weighted by Gasteiger charge is 2.07. The van der Waals surface area contributed by atoms with Gasteiger partial charge in [0.2, 0.25) is 5.91 Å². The Balaban J connectivity index is 1.93. The first kappa shape index (κ1) is 17.6. The van der Waals surface area contributed by atoms with Crippen molar-refractivity contribution in [3.8, 4) is 0 Å². The molecule has 2 rings (SSSR count). The molecule has 0 spiro atoms. The molecule has 1 N–H and O–H groups in total. The molecule has 0 bridgehead atoms. The molecule has 0 saturated carbocycles. The van der Waals surface area contributed by atoms with Crippen LogP contribution in [0.15, 0.2) is 28.9 Å². The third kappa shape index (κ3) is 5.42. The number of aryl methyl sites for hydroxylation is 1. The number of carbonyl (C=O) groups excluding carboxylic acids is 1. The summed E-state index contributed by atoms with van der Waals surface area (Å²) in [4.78, 5) is 11.5. The smallest absolute Gasteiger partial charge is 0.219 e. The molecule has 0 fully saturated rings. The number of nitrogens with one attached hydrogen (secondary N) is 1. The molecule has 0 aliphatic carbocycles. The molecule has 0 radical (unpaired) electrons.